The van der Waals surface area contributed by atoms with Crippen molar-refractivity contribution >= 4 is 5.91 Å². The standard InChI is InChI=1S/C11H18F2N2O/c12-10(13)9-3-5-15(7-9)11(16)8-2-1-4-14-6-8/h8-10,14H,1-7H2/t8-,9-/m0/s1. The van der Waals surface area contributed by atoms with Crippen LogP contribution < -0.4 is 5.32 Å². The molecule has 1 N–H and O–H groups in total. The lowest BCUT2D eigenvalue weighted by atomic mass is 9.98. The summed E-state index contributed by atoms with van der Waals surface area (Å²) in [4.78, 5) is 13.6. The van der Waals surface area contributed by atoms with Gasteiger partial charge in [-0.2, -0.15) is 0 Å². The van der Waals surface area contributed by atoms with Gasteiger partial charge in [0.25, 0.3) is 0 Å². The molecule has 2 saturated heterocycles. The van der Waals surface area contributed by atoms with Crippen molar-refractivity contribution in [3.8, 4) is 0 Å². The van der Waals surface area contributed by atoms with E-state index in [4.69, 9.17) is 0 Å². The number of hydrogen-bond donors (Lipinski definition) is 1. The fourth-order valence-electron chi connectivity index (χ4n) is 2.51. The Kier molecular flexibility index (Phi) is 3.74. The van der Waals surface area contributed by atoms with Gasteiger partial charge in [0.15, 0.2) is 0 Å². The van der Waals surface area contributed by atoms with E-state index < -0.39 is 12.3 Å². The minimum Gasteiger partial charge on any atom is -0.342 e. The molecule has 0 saturated carbocycles. The van der Waals surface area contributed by atoms with Crippen molar-refractivity contribution in [2.75, 3.05) is 26.2 Å². The van der Waals surface area contributed by atoms with E-state index in [9.17, 15) is 13.6 Å². The van der Waals surface area contributed by atoms with E-state index in [0.717, 1.165) is 19.4 Å². The van der Waals surface area contributed by atoms with E-state index in [1.165, 1.54) is 0 Å². The smallest absolute Gasteiger partial charge is 0.243 e. The number of alkyl halides is 2. The van der Waals surface area contributed by atoms with Gasteiger partial charge >= 0.3 is 0 Å². The molecule has 0 aliphatic carbocycles. The summed E-state index contributed by atoms with van der Waals surface area (Å²) in [6.45, 7) is 2.41. The van der Waals surface area contributed by atoms with Gasteiger partial charge in [-0.1, -0.05) is 0 Å². The van der Waals surface area contributed by atoms with Gasteiger partial charge in [0.1, 0.15) is 0 Å². The number of rotatable bonds is 2. The summed E-state index contributed by atoms with van der Waals surface area (Å²) >= 11 is 0. The van der Waals surface area contributed by atoms with Crippen LogP contribution in [0.15, 0.2) is 0 Å². The number of carbonyl (C=O) groups is 1. The van der Waals surface area contributed by atoms with E-state index in [-0.39, 0.29) is 18.4 Å². The second-order valence-corrected chi connectivity index (χ2v) is 4.71. The molecule has 0 radical (unpaired) electrons. The van der Waals surface area contributed by atoms with Crippen molar-refractivity contribution in [1.82, 2.24) is 10.2 Å². The van der Waals surface area contributed by atoms with Gasteiger partial charge in [0, 0.05) is 25.6 Å². The molecule has 2 aliphatic rings. The third-order valence-corrected chi connectivity index (χ3v) is 3.54. The summed E-state index contributed by atoms with van der Waals surface area (Å²) < 4.78 is 24.9. The van der Waals surface area contributed by atoms with Crippen LogP contribution >= 0.6 is 0 Å². The number of carbonyl (C=O) groups excluding carboxylic acids is 1. The molecule has 0 spiro atoms. The molecular formula is C11H18F2N2O. The summed E-state index contributed by atoms with van der Waals surface area (Å²) in [7, 11) is 0. The van der Waals surface area contributed by atoms with E-state index >= 15 is 0 Å². The van der Waals surface area contributed by atoms with Crippen LogP contribution in [0.25, 0.3) is 0 Å². The van der Waals surface area contributed by atoms with Crippen LogP contribution in [0.4, 0.5) is 8.78 Å². The van der Waals surface area contributed by atoms with Crippen LogP contribution in [0.3, 0.4) is 0 Å². The van der Waals surface area contributed by atoms with Gasteiger partial charge in [-0.05, 0) is 25.8 Å². The first-order valence-electron chi connectivity index (χ1n) is 5.96. The highest BCUT2D eigenvalue weighted by Crippen LogP contribution is 2.25. The summed E-state index contributed by atoms with van der Waals surface area (Å²) in [5.41, 5.74) is 0. The van der Waals surface area contributed by atoms with Gasteiger partial charge in [0.2, 0.25) is 12.3 Å². The Morgan fingerprint density at radius 2 is 2.19 bits per heavy atom. The number of halogens is 2. The second-order valence-electron chi connectivity index (χ2n) is 4.71. The van der Waals surface area contributed by atoms with E-state index in [1.54, 1.807) is 4.90 Å². The molecule has 3 nitrogen and oxygen atoms in total. The van der Waals surface area contributed by atoms with Crippen molar-refractivity contribution in [2.24, 2.45) is 11.8 Å². The normalized spacial score (nSPS) is 31.1. The number of likely N-dealkylation sites (tertiary alicyclic amines) is 1. The average molecular weight is 232 g/mol. The first-order chi connectivity index (χ1) is 7.68. The molecule has 92 valence electrons. The minimum atomic E-state index is -2.29. The summed E-state index contributed by atoms with van der Waals surface area (Å²) in [6, 6.07) is 0. The average Bonchev–Trinajstić information content (AvgIpc) is 2.78. The lowest BCUT2D eigenvalue weighted by Crippen LogP contribution is -2.42. The third-order valence-electron chi connectivity index (χ3n) is 3.54. The molecule has 0 aromatic heterocycles. The summed E-state index contributed by atoms with van der Waals surface area (Å²) in [5, 5.41) is 3.18. The molecule has 2 fully saturated rings. The van der Waals surface area contributed by atoms with Crippen molar-refractivity contribution in [1.29, 1.82) is 0 Å². The maximum atomic E-state index is 12.5. The fraction of sp³-hybridized carbons (Fsp3) is 0.909. The molecule has 0 aromatic rings. The van der Waals surface area contributed by atoms with Crippen molar-refractivity contribution in [3.05, 3.63) is 0 Å². The molecule has 0 bridgehead atoms. The topological polar surface area (TPSA) is 32.3 Å². The van der Waals surface area contributed by atoms with Crippen LogP contribution in [-0.4, -0.2) is 43.4 Å². The zero-order chi connectivity index (χ0) is 11.5. The van der Waals surface area contributed by atoms with Crippen LogP contribution in [0.2, 0.25) is 0 Å². The molecule has 2 atom stereocenters. The molecule has 0 unspecified atom stereocenters. The van der Waals surface area contributed by atoms with Crippen molar-refractivity contribution in [2.45, 2.75) is 25.7 Å². The lowest BCUT2D eigenvalue weighted by Gasteiger charge is -2.26. The SMILES string of the molecule is O=C([C@H]1CCCNC1)N1CC[C@H](C(F)F)C1. The largest absolute Gasteiger partial charge is 0.342 e. The monoisotopic (exact) mass is 232 g/mol. The van der Waals surface area contributed by atoms with E-state index in [1.807, 2.05) is 0 Å². The Labute approximate surface area is 94.2 Å². The molecular weight excluding hydrogens is 214 g/mol. The maximum Gasteiger partial charge on any atom is 0.243 e. The Hall–Kier alpha value is -0.710. The van der Waals surface area contributed by atoms with Gasteiger partial charge < -0.3 is 10.2 Å². The Balaban J connectivity index is 1.86. The Morgan fingerprint density at radius 3 is 2.75 bits per heavy atom. The van der Waals surface area contributed by atoms with Crippen molar-refractivity contribution in [3.63, 3.8) is 0 Å². The van der Waals surface area contributed by atoms with Gasteiger partial charge in [-0.3, -0.25) is 4.79 Å². The fourth-order valence-corrected chi connectivity index (χ4v) is 2.51. The predicted molar refractivity (Wildman–Crippen MR) is 56.3 cm³/mol. The lowest BCUT2D eigenvalue weighted by molar-refractivity contribution is -0.135. The first kappa shape index (κ1) is 11.8. The zero-order valence-corrected chi connectivity index (χ0v) is 9.29. The molecule has 2 heterocycles. The highest BCUT2D eigenvalue weighted by molar-refractivity contribution is 5.79. The van der Waals surface area contributed by atoms with Gasteiger partial charge in [0.05, 0.1) is 5.92 Å². The van der Waals surface area contributed by atoms with Crippen molar-refractivity contribution < 1.29 is 13.6 Å². The van der Waals surface area contributed by atoms with Crippen LogP contribution in [0, 0.1) is 11.8 Å². The molecule has 16 heavy (non-hydrogen) atoms. The van der Waals surface area contributed by atoms with Gasteiger partial charge in [-0.25, -0.2) is 8.78 Å². The van der Waals surface area contributed by atoms with Gasteiger partial charge in [-0.15, -0.1) is 0 Å². The molecule has 1 amide bonds. The van der Waals surface area contributed by atoms with Crippen LogP contribution in [0.1, 0.15) is 19.3 Å². The number of nitrogens with zero attached hydrogens (tertiary/aromatic N) is 1. The zero-order valence-electron chi connectivity index (χ0n) is 9.29. The molecule has 0 aromatic carbocycles. The Morgan fingerprint density at radius 1 is 1.38 bits per heavy atom. The predicted octanol–water partition coefficient (Wildman–Crippen LogP) is 1.10. The van der Waals surface area contributed by atoms with Crippen LogP contribution in [0.5, 0.6) is 0 Å². The number of nitrogens with one attached hydrogen (secondary N) is 1. The maximum absolute atomic E-state index is 12.5. The highest BCUT2D eigenvalue weighted by atomic mass is 19.3. The second kappa shape index (κ2) is 5.08. The van der Waals surface area contributed by atoms with E-state index in [2.05, 4.69) is 5.32 Å². The summed E-state index contributed by atoms with van der Waals surface area (Å²) in [6.07, 6.45) is 0.0515. The number of amides is 1. The van der Waals surface area contributed by atoms with Crippen LogP contribution in [-0.2, 0) is 4.79 Å². The first-order valence-corrected chi connectivity index (χ1v) is 5.96. The molecule has 2 rings (SSSR count). The van der Waals surface area contributed by atoms with E-state index in [0.29, 0.717) is 19.5 Å². The molecule has 5 heteroatoms. The highest BCUT2D eigenvalue weighted by Gasteiger charge is 2.34. The number of hydrogen-bond acceptors (Lipinski definition) is 2. The third kappa shape index (κ3) is 2.51. The Bertz CT molecular complexity index is 254. The minimum absolute atomic E-state index is 0.00479. The molecule has 2 aliphatic heterocycles. The summed E-state index contributed by atoms with van der Waals surface area (Å²) in [5.74, 6) is -0.541. The quantitative estimate of drug-likeness (QED) is 0.773. The number of piperidine rings is 1.